The minimum atomic E-state index is -3.34. The first kappa shape index (κ1) is 13.5. The molecule has 0 unspecified atom stereocenters. The summed E-state index contributed by atoms with van der Waals surface area (Å²) >= 11 is 1.26. The summed E-state index contributed by atoms with van der Waals surface area (Å²) < 4.78 is 27.6. The van der Waals surface area contributed by atoms with Crippen molar-refractivity contribution in [2.24, 2.45) is 23.5 Å². The van der Waals surface area contributed by atoms with Gasteiger partial charge in [-0.05, 0) is 55.6 Å². The van der Waals surface area contributed by atoms with Crippen molar-refractivity contribution in [1.82, 2.24) is 4.72 Å². The van der Waals surface area contributed by atoms with Crippen LogP contribution in [-0.4, -0.2) is 15.0 Å². The number of thiophene rings is 1. The van der Waals surface area contributed by atoms with Crippen molar-refractivity contribution in [2.45, 2.75) is 36.4 Å². The molecule has 1 aromatic heterocycles. The molecule has 0 aliphatic heterocycles. The van der Waals surface area contributed by atoms with Crippen LogP contribution in [0.4, 0.5) is 0 Å². The lowest BCUT2D eigenvalue weighted by atomic mass is 9.99. The summed E-state index contributed by atoms with van der Waals surface area (Å²) in [5.41, 5.74) is 5.52. The molecule has 6 heteroatoms. The summed E-state index contributed by atoms with van der Waals surface area (Å²) in [6.45, 7) is 1.00. The van der Waals surface area contributed by atoms with E-state index >= 15 is 0 Å². The van der Waals surface area contributed by atoms with Gasteiger partial charge in [-0.1, -0.05) is 0 Å². The summed E-state index contributed by atoms with van der Waals surface area (Å²) in [4.78, 5) is 0.904. The molecule has 0 saturated heterocycles. The Hall–Kier alpha value is -0.430. The van der Waals surface area contributed by atoms with E-state index in [9.17, 15) is 8.42 Å². The Morgan fingerprint density at radius 1 is 1.26 bits per heavy atom. The lowest BCUT2D eigenvalue weighted by Crippen LogP contribution is -2.30. The zero-order valence-electron chi connectivity index (χ0n) is 10.8. The molecular formula is C13H20N2O2S2. The first-order valence-electron chi connectivity index (χ1n) is 6.88. The molecule has 0 radical (unpaired) electrons. The van der Waals surface area contributed by atoms with Crippen LogP contribution >= 0.6 is 11.3 Å². The highest BCUT2D eigenvalue weighted by Gasteiger charge is 2.41. The predicted octanol–water partition coefficient (Wildman–Crippen LogP) is 1.92. The molecule has 2 fully saturated rings. The van der Waals surface area contributed by atoms with Gasteiger partial charge in [0, 0.05) is 18.0 Å². The Balaban J connectivity index is 1.64. The maximum Gasteiger partial charge on any atom is 0.250 e. The van der Waals surface area contributed by atoms with E-state index in [2.05, 4.69) is 4.72 Å². The Kier molecular flexibility index (Phi) is 3.68. The van der Waals surface area contributed by atoms with Gasteiger partial charge >= 0.3 is 0 Å². The fourth-order valence-electron chi connectivity index (χ4n) is 2.66. The molecule has 1 aromatic rings. The van der Waals surface area contributed by atoms with Gasteiger partial charge in [0.1, 0.15) is 4.21 Å². The highest BCUT2D eigenvalue weighted by molar-refractivity contribution is 7.91. The molecule has 0 bridgehead atoms. The number of nitrogens with two attached hydrogens (primary N) is 1. The van der Waals surface area contributed by atoms with Gasteiger partial charge in [-0.25, -0.2) is 13.1 Å². The Morgan fingerprint density at radius 3 is 2.37 bits per heavy atom. The van der Waals surface area contributed by atoms with Crippen molar-refractivity contribution in [2.75, 3.05) is 6.54 Å². The first-order valence-corrected chi connectivity index (χ1v) is 9.18. The third kappa shape index (κ3) is 3.18. The molecule has 3 N–H and O–H groups in total. The molecule has 0 spiro atoms. The normalized spacial score (nSPS) is 20.1. The Labute approximate surface area is 118 Å². The smallest absolute Gasteiger partial charge is 0.250 e. The average Bonchev–Trinajstić information content (AvgIpc) is 3.30. The van der Waals surface area contributed by atoms with Gasteiger partial charge in [0.05, 0.1) is 0 Å². The second kappa shape index (κ2) is 5.16. The third-order valence-corrected chi connectivity index (χ3v) is 7.09. The van der Waals surface area contributed by atoms with Crippen LogP contribution in [0.5, 0.6) is 0 Å². The highest BCUT2D eigenvalue weighted by Crippen LogP contribution is 2.48. The van der Waals surface area contributed by atoms with Crippen molar-refractivity contribution in [3.63, 3.8) is 0 Å². The zero-order chi connectivity index (χ0) is 13.5. The van der Waals surface area contributed by atoms with Gasteiger partial charge in [0.25, 0.3) is 0 Å². The van der Waals surface area contributed by atoms with Crippen molar-refractivity contribution < 1.29 is 8.42 Å². The minimum Gasteiger partial charge on any atom is -0.326 e. The van der Waals surface area contributed by atoms with Gasteiger partial charge < -0.3 is 5.73 Å². The standard InChI is InChI=1S/C13H20N2O2S2/c14-7-11-5-6-13(18-11)19(16,17)15-8-12(9-1-2-9)10-3-4-10/h5-6,9-10,12,15H,1-4,7-8,14H2. The molecule has 0 amide bonds. The molecule has 2 aliphatic rings. The molecule has 106 valence electrons. The first-order chi connectivity index (χ1) is 9.10. The van der Waals surface area contributed by atoms with E-state index in [4.69, 9.17) is 5.73 Å². The fraction of sp³-hybridized carbons (Fsp3) is 0.692. The summed E-state index contributed by atoms with van der Waals surface area (Å²) in [5.74, 6) is 2.08. The monoisotopic (exact) mass is 300 g/mol. The largest absolute Gasteiger partial charge is 0.326 e. The van der Waals surface area contributed by atoms with E-state index in [1.165, 1.54) is 37.0 Å². The van der Waals surface area contributed by atoms with E-state index in [0.29, 0.717) is 23.2 Å². The predicted molar refractivity (Wildman–Crippen MR) is 76.3 cm³/mol. The lowest BCUT2D eigenvalue weighted by Gasteiger charge is -2.15. The van der Waals surface area contributed by atoms with Crippen LogP contribution in [-0.2, 0) is 16.6 Å². The Bertz CT molecular complexity index is 533. The van der Waals surface area contributed by atoms with Crippen LogP contribution in [0.1, 0.15) is 30.6 Å². The van der Waals surface area contributed by atoms with Gasteiger partial charge in [-0.15, -0.1) is 11.3 Å². The molecule has 0 atom stereocenters. The van der Waals surface area contributed by atoms with E-state index in [0.717, 1.165) is 16.7 Å². The number of hydrogen-bond acceptors (Lipinski definition) is 4. The van der Waals surface area contributed by atoms with Gasteiger partial charge in [0.15, 0.2) is 0 Å². The SMILES string of the molecule is NCc1ccc(S(=O)(=O)NCC(C2CC2)C2CC2)s1. The summed E-state index contributed by atoms with van der Waals surface area (Å²) in [5, 5.41) is 0. The van der Waals surface area contributed by atoms with Crippen LogP contribution in [0.25, 0.3) is 0 Å². The Morgan fingerprint density at radius 2 is 1.89 bits per heavy atom. The van der Waals surface area contributed by atoms with Crippen LogP contribution in [0.3, 0.4) is 0 Å². The quantitative estimate of drug-likeness (QED) is 0.808. The second-order valence-corrected chi connectivity index (χ2v) is 8.78. The second-order valence-electron chi connectivity index (χ2n) is 5.62. The molecular weight excluding hydrogens is 280 g/mol. The lowest BCUT2D eigenvalue weighted by molar-refractivity contribution is 0.402. The van der Waals surface area contributed by atoms with Crippen molar-refractivity contribution >= 4 is 21.4 Å². The van der Waals surface area contributed by atoms with Crippen LogP contribution in [0, 0.1) is 17.8 Å². The molecule has 2 aliphatic carbocycles. The molecule has 19 heavy (non-hydrogen) atoms. The fourth-order valence-corrected chi connectivity index (χ4v) is 5.01. The number of nitrogens with one attached hydrogen (secondary N) is 1. The van der Waals surface area contributed by atoms with Crippen molar-refractivity contribution in [3.8, 4) is 0 Å². The van der Waals surface area contributed by atoms with Crippen LogP contribution in [0.2, 0.25) is 0 Å². The molecule has 0 aromatic carbocycles. The van der Waals surface area contributed by atoms with E-state index in [1.807, 2.05) is 0 Å². The zero-order valence-corrected chi connectivity index (χ0v) is 12.5. The van der Waals surface area contributed by atoms with Crippen LogP contribution in [0.15, 0.2) is 16.3 Å². The topological polar surface area (TPSA) is 72.2 Å². The van der Waals surface area contributed by atoms with Gasteiger partial charge in [-0.2, -0.15) is 0 Å². The molecule has 2 saturated carbocycles. The van der Waals surface area contributed by atoms with Crippen molar-refractivity contribution in [3.05, 3.63) is 17.0 Å². The number of rotatable bonds is 7. The maximum atomic E-state index is 12.2. The maximum absolute atomic E-state index is 12.2. The van der Waals surface area contributed by atoms with E-state index < -0.39 is 10.0 Å². The summed E-state index contributed by atoms with van der Waals surface area (Å²) in [6, 6.07) is 3.44. The molecule has 4 nitrogen and oxygen atoms in total. The van der Waals surface area contributed by atoms with Crippen molar-refractivity contribution in [1.29, 1.82) is 0 Å². The van der Waals surface area contributed by atoms with E-state index in [1.54, 1.807) is 12.1 Å². The molecule has 1 heterocycles. The third-order valence-electron chi connectivity index (χ3n) is 4.07. The number of hydrogen-bond donors (Lipinski definition) is 2. The van der Waals surface area contributed by atoms with Gasteiger partial charge in [-0.3, -0.25) is 0 Å². The van der Waals surface area contributed by atoms with E-state index in [-0.39, 0.29) is 0 Å². The van der Waals surface area contributed by atoms with Crippen LogP contribution < -0.4 is 10.5 Å². The summed E-state index contributed by atoms with van der Waals surface area (Å²) in [6.07, 6.45) is 5.11. The molecule has 3 rings (SSSR count). The van der Waals surface area contributed by atoms with Gasteiger partial charge in [0.2, 0.25) is 10.0 Å². The highest BCUT2D eigenvalue weighted by atomic mass is 32.2. The average molecular weight is 300 g/mol. The summed E-state index contributed by atoms with van der Waals surface area (Å²) in [7, 11) is -3.34. The number of sulfonamides is 1. The minimum absolute atomic E-state index is 0.387.